The van der Waals surface area contributed by atoms with Gasteiger partial charge in [-0.25, -0.2) is 0 Å². The number of hydrogen-bond acceptors (Lipinski definition) is 2. The van der Waals surface area contributed by atoms with E-state index < -0.39 is 0 Å². The van der Waals surface area contributed by atoms with E-state index in [4.69, 9.17) is 0 Å². The van der Waals surface area contributed by atoms with Crippen LogP contribution in [-0.4, -0.2) is 35.8 Å². The standard InChI is InChI=1S/C13H22N2O2/c1-10-5-3-2-4-8-15(10)13(17)11-6-7-12(16)14-9-11/h10-11H,2-9H2,1H3,(H,14,16). The van der Waals surface area contributed by atoms with Crippen molar-refractivity contribution in [3.63, 3.8) is 0 Å². The van der Waals surface area contributed by atoms with Gasteiger partial charge in [0.05, 0.1) is 5.92 Å². The van der Waals surface area contributed by atoms with E-state index in [1.165, 1.54) is 12.8 Å². The Morgan fingerprint density at radius 1 is 1.29 bits per heavy atom. The van der Waals surface area contributed by atoms with E-state index in [2.05, 4.69) is 12.2 Å². The summed E-state index contributed by atoms with van der Waals surface area (Å²) in [7, 11) is 0. The molecule has 1 N–H and O–H groups in total. The summed E-state index contributed by atoms with van der Waals surface area (Å²) in [6.07, 6.45) is 5.91. The van der Waals surface area contributed by atoms with E-state index in [1.54, 1.807) is 0 Å². The monoisotopic (exact) mass is 238 g/mol. The molecule has 0 aromatic carbocycles. The predicted molar refractivity (Wildman–Crippen MR) is 65.4 cm³/mol. The number of nitrogens with zero attached hydrogens (tertiary/aromatic N) is 1. The van der Waals surface area contributed by atoms with Crippen LogP contribution < -0.4 is 5.32 Å². The van der Waals surface area contributed by atoms with E-state index in [0.717, 1.165) is 19.4 Å². The van der Waals surface area contributed by atoms with Crippen molar-refractivity contribution in [2.24, 2.45) is 5.92 Å². The lowest BCUT2D eigenvalue weighted by Gasteiger charge is -2.32. The lowest BCUT2D eigenvalue weighted by Crippen LogP contribution is -2.47. The van der Waals surface area contributed by atoms with Crippen LogP contribution in [0.2, 0.25) is 0 Å². The Kier molecular flexibility index (Phi) is 4.02. The first-order chi connectivity index (χ1) is 8.18. The number of carbonyl (C=O) groups excluding carboxylic acids is 2. The summed E-state index contributed by atoms with van der Waals surface area (Å²) in [5.74, 6) is 0.339. The Bertz CT molecular complexity index is 294. The first kappa shape index (κ1) is 12.4. The molecule has 0 saturated carbocycles. The number of carbonyl (C=O) groups is 2. The van der Waals surface area contributed by atoms with Gasteiger partial charge in [0.25, 0.3) is 0 Å². The fraction of sp³-hybridized carbons (Fsp3) is 0.846. The van der Waals surface area contributed by atoms with Gasteiger partial charge in [-0.1, -0.05) is 12.8 Å². The van der Waals surface area contributed by atoms with Crippen LogP contribution in [0, 0.1) is 5.92 Å². The van der Waals surface area contributed by atoms with Crippen LogP contribution in [0.15, 0.2) is 0 Å². The van der Waals surface area contributed by atoms with Gasteiger partial charge in [-0.2, -0.15) is 0 Å². The molecule has 2 rings (SSSR count). The van der Waals surface area contributed by atoms with Gasteiger partial charge in [-0.3, -0.25) is 9.59 Å². The average molecular weight is 238 g/mol. The highest BCUT2D eigenvalue weighted by Gasteiger charge is 2.30. The Morgan fingerprint density at radius 2 is 2.12 bits per heavy atom. The molecule has 4 heteroatoms. The molecule has 0 radical (unpaired) electrons. The van der Waals surface area contributed by atoms with Crippen molar-refractivity contribution in [2.75, 3.05) is 13.1 Å². The summed E-state index contributed by atoms with van der Waals surface area (Å²) in [6.45, 7) is 3.57. The molecule has 2 unspecified atom stereocenters. The van der Waals surface area contributed by atoms with Gasteiger partial charge < -0.3 is 10.2 Å². The number of rotatable bonds is 1. The van der Waals surface area contributed by atoms with Gasteiger partial charge in [-0.05, 0) is 26.2 Å². The van der Waals surface area contributed by atoms with Crippen LogP contribution in [0.1, 0.15) is 45.4 Å². The van der Waals surface area contributed by atoms with Crippen LogP contribution in [0.25, 0.3) is 0 Å². The van der Waals surface area contributed by atoms with Gasteiger partial charge in [-0.15, -0.1) is 0 Å². The van der Waals surface area contributed by atoms with Crippen LogP contribution in [-0.2, 0) is 9.59 Å². The van der Waals surface area contributed by atoms with Gasteiger partial charge in [0, 0.05) is 25.6 Å². The van der Waals surface area contributed by atoms with Crippen molar-refractivity contribution in [1.29, 1.82) is 0 Å². The molecule has 2 aliphatic heterocycles. The van der Waals surface area contributed by atoms with Crippen LogP contribution in [0.5, 0.6) is 0 Å². The molecule has 2 amide bonds. The number of piperidine rings is 1. The molecule has 0 aromatic rings. The molecule has 17 heavy (non-hydrogen) atoms. The summed E-state index contributed by atoms with van der Waals surface area (Å²) in [5.41, 5.74) is 0. The van der Waals surface area contributed by atoms with E-state index >= 15 is 0 Å². The first-order valence-corrected chi connectivity index (χ1v) is 6.75. The fourth-order valence-electron chi connectivity index (χ4n) is 2.78. The summed E-state index contributed by atoms with van der Waals surface area (Å²) in [4.78, 5) is 25.5. The highest BCUT2D eigenvalue weighted by atomic mass is 16.2. The Morgan fingerprint density at radius 3 is 2.82 bits per heavy atom. The Hall–Kier alpha value is -1.06. The summed E-state index contributed by atoms with van der Waals surface area (Å²) >= 11 is 0. The minimum atomic E-state index is 0.00764. The molecule has 4 nitrogen and oxygen atoms in total. The van der Waals surface area contributed by atoms with Crippen molar-refractivity contribution in [1.82, 2.24) is 10.2 Å². The van der Waals surface area contributed by atoms with Gasteiger partial charge in [0.1, 0.15) is 0 Å². The largest absolute Gasteiger partial charge is 0.355 e. The fourth-order valence-corrected chi connectivity index (χ4v) is 2.78. The van der Waals surface area contributed by atoms with Crippen molar-refractivity contribution in [3.05, 3.63) is 0 Å². The third-order valence-corrected chi connectivity index (χ3v) is 3.95. The normalized spacial score (nSPS) is 30.6. The van der Waals surface area contributed by atoms with Crippen LogP contribution >= 0.6 is 0 Å². The maximum Gasteiger partial charge on any atom is 0.227 e. The van der Waals surface area contributed by atoms with Crippen molar-refractivity contribution in [2.45, 2.75) is 51.5 Å². The van der Waals surface area contributed by atoms with Crippen molar-refractivity contribution >= 4 is 11.8 Å². The molecule has 2 saturated heterocycles. The van der Waals surface area contributed by atoms with Crippen molar-refractivity contribution in [3.8, 4) is 0 Å². The smallest absolute Gasteiger partial charge is 0.227 e. The molecule has 2 heterocycles. The third-order valence-electron chi connectivity index (χ3n) is 3.95. The second kappa shape index (κ2) is 5.52. The SMILES string of the molecule is CC1CCCCCN1C(=O)C1CCC(=O)NC1. The van der Waals surface area contributed by atoms with Crippen molar-refractivity contribution < 1.29 is 9.59 Å². The van der Waals surface area contributed by atoms with E-state index in [-0.39, 0.29) is 17.7 Å². The van der Waals surface area contributed by atoms with Gasteiger partial charge in [0.15, 0.2) is 0 Å². The van der Waals surface area contributed by atoms with E-state index in [0.29, 0.717) is 25.4 Å². The third kappa shape index (κ3) is 2.99. The zero-order chi connectivity index (χ0) is 12.3. The average Bonchev–Trinajstić information content (AvgIpc) is 2.54. The second-order valence-corrected chi connectivity index (χ2v) is 5.27. The maximum absolute atomic E-state index is 12.4. The molecule has 0 aliphatic carbocycles. The molecular weight excluding hydrogens is 216 g/mol. The lowest BCUT2D eigenvalue weighted by atomic mass is 9.97. The zero-order valence-electron chi connectivity index (χ0n) is 10.6. The molecule has 2 atom stereocenters. The summed E-state index contributed by atoms with van der Waals surface area (Å²) < 4.78 is 0. The minimum absolute atomic E-state index is 0.00764. The molecule has 0 spiro atoms. The second-order valence-electron chi connectivity index (χ2n) is 5.27. The number of likely N-dealkylation sites (tertiary alicyclic amines) is 1. The topological polar surface area (TPSA) is 49.4 Å². The van der Waals surface area contributed by atoms with Gasteiger partial charge in [0.2, 0.25) is 11.8 Å². The highest BCUT2D eigenvalue weighted by molar-refractivity contribution is 5.84. The van der Waals surface area contributed by atoms with E-state index in [9.17, 15) is 9.59 Å². The molecule has 0 aromatic heterocycles. The van der Waals surface area contributed by atoms with E-state index in [1.807, 2.05) is 4.90 Å². The van der Waals surface area contributed by atoms with Crippen LogP contribution in [0.3, 0.4) is 0 Å². The lowest BCUT2D eigenvalue weighted by molar-refractivity contribution is -0.139. The molecule has 0 bridgehead atoms. The predicted octanol–water partition coefficient (Wildman–Crippen LogP) is 1.30. The minimum Gasteiger partial charge on any atom is -0.355 e. The molecule has 96 valence electrons. The quantitative estimate of drug-likeness (QED) is 0.748. The summed E-state index contributed by atoms with van der Waals surface area (Å²) in [6, 6.07) is 0.364. The number of nitrogens with one attached hydrogen (secondary N) is 1. The molecule has 2 aliphatic rings. The summed E-state index contributed by atoms with van der Waals surface area (Å²) in [5, 5.41) is 2.80. The number of amides is 2. The first-order valence-electron chi connectivity index (χ1n) is 6.75. The molecular formula is C13H22N2O2. The maximum atomic E-state index is 12.4. The van der Waals surface area contributed by atoms with Gasteiger partial charge >= 0.3 is 0 Å². The van der Waals surface area contributed by atoms with Crippen LogP contribution in [0.4, 0.5) is 0 Å². The Balaban J connectivity index is 1.95. The molecule has 2 fully saturated rings. The highest BCUT2D eigenvalue weighted by Crippen LogP contribution is 2.21. The number of hydrogen-bond donors (Lipinski definition) is 1. The zero-order valence-corrected chi connectivity index (χ0v) is 10.6. The Labute approximate surface area is 103 Å².